The van der Waals surface area contributed by atoms with E-state index in [0.717, 1.165) is 16.9 Å². The molecule has 11 nitrogen and oxygen atoms in total. The number of benzene rings is 3. The van der Waals surface area contributed by atoms with E-state index in [-0.39, 0.29) is 21.5 Å². The summed E-state index contributed by atoms with van der Waals surface area (Å²) < 4.78 is 28.5. The Morgan fingerprint density at radius 1 is 0.976 bits per heavy atom. The van der Waals surface area contributed by atoms with Crippen LogP contribution in [0.4, 0.5) is 11.4 Å². The molecule has 210 valence electrons. The van der Waals surface area contributed by atoms with Gasteiger partial charge in [0.05, 0.1) is 22.3 Å². The molecule has 0 radical (unpaired) electrons. The van der Waals surface area contributed by atoms with Gasteiger partial charge < -0.3 is 10.2 Å². The molecule has 1 aliphatic heterocycles. The van der Waals surface area contributed by atoms with Crippen LogP contribution in [-0.4, -0.2) is 71.8 Å². The summed E-state index contributed by atoms with van der Waals surface area (Å²) in [6.45, 7) is 6.66. The first-order valence-electron chi connectivity index (χ1n) is 13.3. The molecule has 3 aromatic carbocycles. The van der Waals surface area contributed by atoms with E-state index in [2.05, 4.69) is 30.4 Å². The monoisotopic (exact) mass is 571 g/mol. The van der Waals surface area contributed by atoms with Crippen LogP contribution in [0.25, 0.3) is 16.6 Å². The summed E-state index contributed by atoms with van der Waals surface area (Å²) in [6.07, 6.45) is 0. The van der Waals surface area contributed by atoms with Gasteiger partial charge in [-0.2, -0.15) is 4.98 Å². The van der Waals surface area contributed by atoms with Gasteiger partial charge in [0, 0.05) is 37.6 Å². The molecular formula is C29H29N7O4S. The zero-order chi connectivity index (χ0) is 28.7. The number of carbonyl (C=O) groups excluding carboxylic acids is 1. The minimum atomic E-state index is -4.04. The SMILES string of the molecule is Cc1ccc(S(=O)(=O)c2n[nH]n3c2nc(=O)c2ccc(N4CCN(CC(=O)Nc5ccccc5)CC4)cc23)c(C)c1. The van der Waals surface area contributed by atoms with Gasteiger partial charge >= 0.3 is 0 Å². The van der Waals surface area contributed by atoms with Gasteiger partial charge in [-0.1, -0.05) is 35.9 Å². The van der Waals surface area contributed by atoms with Crippen molar-refractivity contribution in [3.63, 3.8) is 0 Å². The predicted molar refractivity (Wildman–Crippen MR) is 156 cm³/mol. The van der Waals surface area contributed by atoms with Crippen molar-refractivity contribution in [3.8, 4) is 0 Å². The number of nitrogens with zero attached hydrogens (tertiary/aromatic N) is 5. The van der Waals surface area contributed by atoms with E-state index in [1.54, 1.807) is 31.2 Å². The number of anilines is 2. The van der Waals surface area contributed by atoms with Gasteiger partial charge in [-0.15, -0.1) is 5.10 Å². The Morgan fingerprint density at radius 3 is 2.46 bits per heavy atom. The molecule has 12 heteroatoms. The third kappa shape index (κ3) is 5.07. The van der Waals surface area contributed by atoms with Crippen molar-refractivity contribution < 1.29 is 13.2 Å². The van der Waals surface area contributed by atoms with E-state index in [9.17, 15) is 18.0 Å². The van der Waals surface area contributed by atoms with Crippen LogP contribution in [0.5, 0.6) is 0 Å². The Labute approximate surface area is 236 Å². The first kappa shape index (κ1) is 26.7. The number of hydrogen-bond acceptors (Lipinski definition) is 8. The smallest absolute Gasteiger partial charge is 0.281 e. The Morgan fingerprint density at radius 2 is 1.73 bits per heavy atom. The second kappa shape index (κ2) is 10.5. The molecule has 1 aliphatic rings. The molecule has 0 bridgehead atoms. The highest BCUT2D eigenvalue weighted by Crippen LogP contribution is 2.27. The summed E-state index contributed by atoms with van der Waals surface area (Å²) >= 11 is 0. The molecule has 1 saturated heterocycles. The van der Waals surface area contributed by atoms with Crippen LogP contribution in [0.1, 0.15) is 11.1 Å². The van der Waals surface area contributed by atoms with Gasteiger partial charge in [0.25, 0.3) is 5.56 Å². The van der Waals surface area contributed by atoms with E-state index in [1.807, 2.05) is 49.4 Å². The summed E-state index contributed by atoms with van der Waals surface area (Å²) in [4.78, 5) is 33.9. The van der Waals surface area contributed by atoms with Crippen LogP contribution < -0.4 is 15.8 Å². The van der Waals surface area contributed by atoms with Gasteiger partial charge in [-0.25, -0.2) is 18.1 Å². The Kier molecular flexibility index (Phi) is 6.80. The summed E-state index contributed by atoms with van der Waals surface area (Å²) in [7, 11) is -4.04. The lowest BCUT2D eigenvalue weighted by Gasteiger charge is -2.35. The molecule has 6 rings (SSSR count). The second-order valence-corrected chi connectivity index (χ2v) is 12.1. The van der Waals surface area contributed by atoms with Crippen LogP contribution in [0.3, 0.4) is 0 Å². The van der Waals surface area contributed by atoms with E-state index in [4.69, 9.17) is 0 Å². The van der Waals surface area contributed by atoms with E-state index in [1.165, 1.54) is 4.52 Å². The van der Waals surface area contributed by atoms with E-state index < -0.39 is 15.4 Å². The molecule has 0 saturated carbocycles. The molecule has 2 aromatic heterocycles. The van der Waals surface area contributed by atoms with Crippen LogP contribution in [0.2, 0.25) is 0 Å². The quantitative estimate of drug-likeness (QED) is 0.318. The lowest BCUT2D eigenvalue weighted by Crippen LogP contribution is -2.48. The van der Waals surface area contributed by atoms with Crippen molar-refractivity contribution in [3.05, 3.63) is 88.2 Å². The van der Waals surface area contributed by atoms with Gasteiger partial charge in [0.2, 0.25) is 20.8 Å². The number of aryl methyl sites for hydroxylation is 2. The third-order valence-electron chi connectivity index (χ3n) is 7.35. The number of fused-ring (bicyclic) bond motifs is 3. The maximum absolute atomic E-state index is 13.5. The number of nitrogens with one attached hydrogen (secondary N) is 2. The number of H-pyrrole nitrogens is 1. The highest BCUT2D eigenvalue weighted by atomic mass is 32.2. The molecule has 3 heterocycles. The Hall–Kier alpha value is -4.55. The highest BCUT2D eigenvalue weighted by molar-refractivity contribution is 7.91. The number of hydrogen-bond donors (Lipinski definition) is 2. The average molecular weight is 572 g/mol. The highest BCUT2D eigenvalue weighted by Gasteiger charge is 2.28. The van der Waals surface area contributed by atoms with Crippen LogP contribution >= 0.6 is 0 Å². The van der Waals surface area contributed by atoms with Crippen molar-refractivity contribution in [2.75, 3.05) is 42.9 Å². The average Bonchev–Trinajstić information content (AvgIpc) is 3.38. The number of rotatable bonds is 6. The molecular weight excluding hydrogens is 542 g/mol. The zero-order valence-electron chi connectivity index (χ0n) is 22.7. The molecule has 0 aliphatic carbocycles. The van der Waals surface area contributed by atoms with Crippen LogP contribution in [-0.2, 0) is 14.6 Å². The molecule has 1 fully saturated rings. The Bertz CT molecular complexity index is 1940. The predicted octanol–water partition coefficient (Wildman–Crippen LogP) is 2.78. The minimum Gasteiger partial charge on any atom is -0.369 e. The van der Waals surface area contributed by atoms with Crippen molar-refractivity contribution >= 4 is 43.7 Å². The van der Waals surface area contributed by atoms with Crippen molar-refractivity contribution in [2.24, 2.45) is 0 Å². The Balaban J connectivity index is 1.25. The molecule has 0 spiro atoms. The second-order valence-electron chi connectivity index (χ2n) is 10.2. The molecule has 0 unspecified atom stereocenters. The lowest BCUT2D eigenvalue weighted by atomic mass is 10.2. The molecule has 0 atom stereocenters. The molecule has 2 N–H and O–H groups in total. The number of para-hydroxylation sites is 1. The standard InChI is InChI=1S/C29H29N7O4S/c1-19-8-11-25(20(2)16-19)41(39,40)29-27-31-28(38)23-10-9-22(17-24(23)36(27)33-32-29)35-14-12-34(13-15-35)18-26(37)30-21-6-4-3-5-7-21/h3-11,16-17,33H,12-15,18H2,1-2H3,(H,30,37). The topological polar surface area (TPSA) is 133 Å². The van der Waals surface area contributed by atoms with Crippen molar-refractivity contribution in [1.82, 2.24) is 24.7 Å². The number of amides is 1. The molecule has 41 heavy (non-hydrogen) atoms. The van der Waals surface area contributed by atoms with Gasteiger partial charge in [0.1, 0.15) is 0 Å². The fourth-order valence-corrected chi connectivity index (χ4v) is 6.74. The van der Waals surface area contributed by atoms with E-state index >= 15 is 0 Å². The lowest BCUT2D eigenvalue weighted by molar-refractivity contribution is -0.117. The number of carbonyl (C=O) groups is 1. The van der Waals surface area contributed by atoms with Crippen LogP contribution in [0.15, 0.2) is 81.4 Å². The summed E-state index contributed by atoms with van der Waals surface area (Å²) in [6, 6.07) is 19.8. The minimum absolute atomic E-state index is 0.0473. The largest absolute Gasteiger partial charge is 0.369 e. The third-order valence-corrected chi connectivity index (χ3v) is 9.17. The summed E-state index contributed by atoms with van der Waals surface area (Å²) in [5.74, 6) is -0.0598. The normalized spacial score (nSPS) is 14.5. The van der Waals surface area contributed by atoms with E-state index in [0.29, 0.717) is 49.2 Å². The molecule has 5 aromatic rings. The van der Waals surface area contributed by atoms with Crippen molar-refractivity contribution in [2.45, 2.75) is 23.8 Å². The number of aromatic nitrogens is 4. The number of sulfone groups is 1. The van der Waals surface area contributed by atoms with Gasteiger partial charge in [0.15, 0.2) is 5.65 Å². The fourth-order valence-electron chi connectivity index (χ4n) is 5.27. The van der Waals surface area contributed by atoms with Crippen LogP contribution in [0, 0.1) is 13.8 Å². The maximum Gasteiger partial charge on any atom is 0.281 e. The summed E-state index contributed by atoms with van der Waals surface area (Å²) in [5.41, 5.74) is 3.08. The molecule has 1 amide bonds. The van der Waals surface area contributed by atoms with Gasteiger partial charge in [-0.3, -0.25) is 14.5 Å². The first-order chi connectivity index (χ1) is 19.7. The first-order valence-corrected chi connectivity index (χ1v) is 14.7. The van der Waals surface area contributed by atoms with Gasteiger partial charge in [-0.05, 0) is 55.8 Å². The fraction of sp³-hybridized carbons (Fsp3) is 0.241. The summed E-state index contributed by atoms with van der Waals surface area (Å²) in [5, 5.41) is 9.83. The number of piperazine rings is 1. The zero-order valence-corrected chi connectivity index (χ0v) is 23.5. The number of aromatic amines is 1. The maximum atomic E-state index is 13.5. The van der Waals surface area contributed by atoms with Crippen molar-refractivity contribution in [1.29, 1.82) is 0 Å².